The third kappa shape index (κ3) is 4.86. The molecule has 0 spiro atoms. The lowest BCUT2D eigenvalue weighted by atomic mass is 10.2. The Labute approximate surface area is 128 Å². The van der Waals surface area contributed by atoms with Gasteiger partial charge in [0.25, 0.3) is 0 Å². The molecular formula is C15H17ClFN3O. The largest absolute Gasteiger partial charge is 0.463 e. The Morgan fingerprint density at radius 1 is 1.29 bits per heavy atom. The highest BCUT2D eigenvalue weighted by Crippen LogP contribution is 2.15. The fourth-order valence-electron chi connectivity index (χ4n) is 1.71. The second kappa shape index (κ2) is 7.22. The van der Waals surface area contributed by atoms with Crippen molar-refractivity contribution in [2.75, 3.05) is 11.9 Å². The number of hydrogen-bond donors (Lipinski definition) is 1. The van der Waals surface area contributed by atoms with Crippen LogP contribution < -0.4 is 10.1 Å². The van der Waals surface area contributed by atoms with E-state index < -0.39 is 5.82 Å². The topological polar surface area (TPSA) is 47.0 Å². The van der Waals surface area contributed by atoms with Gasteiger partial charge >= 0.3 is 6.01 Å². The Bertz CT molecular complexity index is 590. The molecular weight excluding hydrogens is 293 g/mol. The number of hydrogen-bond acceptors (Lipinski definition) is 4. The Hall–Kier alpha value is -1.88. The van der Waals surface area contributed by atoms with E-state index in [1.807, 2.05) is 38.1 Å². The van der Waals surface area contributed by atoms with Crippen LogP contribution in [-0.4, -0.2) is 22.6 Å². The van der Waals surface area contributed by atoms with Crippen LogP contribution in [-0.2, 0) is 6.42 Å². The van der Waals surface area contributed by atoms with Crippen LogP contribution >= 0.6 is 11.6 Å². The number of halogens is 2. The zero-order valence-corrected chi connectivity index (χ0v) is 12.7. The lowest BCUT2D eigenvalue weighted by Crippen LogP contribution is -2.14. The van der Waals surface area contributed by atoms with Crippen molar-refractivity contribution in [3.05, 3.63) is 46.9 Å². The van der Waals surface area contributed by atoms with E-state index in [4.69, 9.17) is 16.3 Å². The van der Waals surface area contributed by atoms with Crippen molar-refractivity contribution in [2.24, 2.45) is 0 Å². The molecule has 0 atom stereocenters. The number of anilines is 1. The summed E-state index contributed by atoms with van der Waals surface area (Å²) in [6.45, 7) is 4.22. The van der Waals surface area contributed by atoms with Gasteiger partial charge in [-0.2, -0.15) is 4.98 Å². The predicted molar refractivity (Wildman–Crippen MR) is 81.4 cm³/mol. The molecule has 0 amide bonds. The number of ether oxygens (including phenoxy) is 1. The van der Waals surface area contributed by atoms with E-state index in [2.05, 4.69) is 15.3 Å². The second-order valence-electron chi connectivity index (χ2n) is 4.87. The van der Waals surface area contributed by atoms with Gasteiger partial charge in [-0.05, 0) is 31.5 Å². The molecule has 1 aromatic heterocycles. The lowest BCUT2D eigenvalue weighted by molar-refractivity contribution is 0.295. The SMILES string of the molecule is CC(C)Nc1nc(OCCc2ccc(Cl)cc2)ncc1F. The molecule has 0 bridgehead atoms. The summed E-state index contributed by atoms with van der Waals surface area (Å²) in [5.74, 6) is -0.338. The summed E-state index contributed by atoms with van der Waals surface area (Å²) in [5.41, 5.74) is 1.10. The number of benzene rings is 1. The summed E-state index contributed by atoms with van der Waals surface area (Å²) in [6.07, 6.45) is 1.81. The molecule has 2 aromatic rings. The third-order valence-electron chi connectivity index (χ3n) is 2.68. The third-order valence-corrected chi connectivity index (χ3v) is 2.93. The molecule has 0 saturated heterocycles. The highest BCUT2D eigenvalue weighted by Gasteiger charge is 2.08. The maximum atomic E-state index is 13.5. The van der Waals surface area contributed by atoms with Crippen molar-refractivity contribution in [3.63, 3.8) is 0 Å². The van der Waals surface area contributed by atoms with Crippen LogP contribution in [0.1, 0.15) is 19.4 Å². The fraction of sp³-hybridized carbons (Fsp3) is 0.333. The van der Waals surface area contributed by atoms with Crippen LogP contribution in [0.5, 0.6) is 6.01 Å². The van der Waals surface area contributed by atoms with E-state index >= 15 is 0 Å². The molecule has 4 nitrogen and oxygen atoms in total. The molecule has 0 aliphatic carbocycles. The summed E-state index contributed by atoms with van der Waals surface area (Å²) in [5, 5.41) is 3.61. The van der Waals surface area contributed by atoms with E-state index in [-0.39, 0.29) is 17.9 Å². The monoisotopic (exact) mass is 309 g/mol. The average molecular weight is 310 g/mol. The first kappa shape index (κ1) is 15.5. The van der Waals surface area contributed by atoms with Gasteiger partial charge in [0.1, 0.15) is 0 Å². The zero-order chi connectivity index (χ0) is 15.2. The van der Waals surface area contributed by atoms with Crippen LogP contribution in [0.15, 0.2) is 30.5 Å². The molecule has 0 unspecified atom stereocenters. The van der Waals surface area contributed by atoms with E-state index in [1.165, 1.54) is 0 Å². The van der Waals surface area contributed by atoms with Gasteiger partial charge in [-0.1, -0.05) is 23.7 Å². The van der Waals surface area contributed by atoms with Crippen molar-refractivity contribution < 1.29 is 9.13 Å². The fourth-order valence-corrected chi connectivity index (χ4v) is 1.83. The Morgan fingerprint density at radius 3 is 2.67 bits per heavy atom. The standard InChI is InChI=1S/C15H17ClFN3O/c1-10(2)19-14-13(17)9-18-15(20-14)21-8-7-11-3-5-12(16)6-4-11/h3-6,9-10H,7-8H2,1-2H3,(H,18,19,20). The molecule has 2 rings (SSSR count). The lowest BCUT2D eigenvalue weighted by Gasteiger charge is -2.11. The van der Waals surface area contributed by atoms with Gasteiger partial charge in [0, 0.05) is 17.5 Å². The van der Waals surface area contributed by atoms with Gasteiger partial charge in [0.15, 0.2) is 11.6 Å². The molecule has 1 heterocycles. The molecule has 1 N–H and O–H groups in total. The summed E-state index contributed by atoms with van der Waals surface area (Å²) < 4.78 is 19.0. The molecule has 0 saturated carbocycles. The molecule has 21 heavy (non-hydrogen) atoms. The number of aromatic nitrogens is 2. The quantitative estimate of drug-likeness (QED) is 0.883. The first-order chi connectivity index (χ1) is 10.0. The highest BCUT2D eigenvalue weighted by molar-refractivity contribution is 6.30. The van der Waals surface area contributed by atoms with Gasteiger partial charge in [-0.25, -0.2) is 9.37 Å². The number of nitrogens with zero attached hydrogens (tertiary/aromatic N) is 2. The Balaban J connectivity index is 1.92. The minimum absolute atomic E-state index is 0.0799. The second-order valence-corrected chi connectivity index (χ2v) is 5.31. The van der Waals surface area contributed by atoms with Crippen LogP contribution in [0.2, 0.25) is 5.02 Å². The first-order valence-corrected chi connectivity index (χ1v) is 7.08. The molecule has 0 fully saturated rings. The average Bonchev–Trinajstić information content (AvgIpc) is 2.44. The van der Waals surface area contributed by atoms with Crippen molar-refractivity contribution in [3.8, 4) is 6.01 Å². The van der Waals surface area contributed by atoms with Crippen LogP contribution in [0.25, 0.3) is 0 Å². The smallest absolute Gasteiger partial charge is 0.318 e. The molecule has 1 aromatic carbocycles. The summed E-state index contributed by atoms with van der Waals surface area (Å²) >= 11 is 5.82. The summed E-state index contributed by atoms with van der Waals surface area (Å²) in [7, 11) is 0. The van der Waals surface area contributed by atoms with Gasteiger partial charge < -0.3 is 10.1 Å². The summed E-state index contributed by atoms with van der Waals surface area (Å²) in [4.78, 5) is 7.84. The minimum Gasteiger partial charge on any atom is -0.463 e. The maximum absolute atomic E-state index is 13.5. The predicted octanol–water partition coefficient (Wildman–Crippen LogP) is 3.71. The van der Waals surface area contributed by atoms with Gasteiger partial charge in [0.2, 0.25) is 0 Å². The van der Waals surface area contributed by atoms with Crippen molar-refractivity contribution >= 4 is 17.4 Å². The number of nitrogens with one attached hydrogen (secondary N) is 1. The van der Waals surface area contributed by atoms with E-state index in [0.717, 1.165) is 11.8 Å². The molecule has 0 aliphatic rings. The van der Waals surface area contributed by atoms with E-state index in [9.17, 15) is 4.39 Å². The zero-order valence-electron chi connectivity index (χ0n) is 11.9. The minimum atomic E-state index is -0.492. The highest BCUT2D eigenvalue weighted by atomic mass is 35.5. The Morgan fingerprint density at radius 2 is 2.00 bits per heavy atom. The van der Waals surface area contributed by atoms with Gasteiger partial charge in [-0.3, -0.25) is 0 Å². The maximum Gasteiger partial charge on any atom is 0.318 e. The van der Waals surface area contributed by atoms with E-state index in [1.54, 1.807) is 0 Å². The van der Waals surface area contributed by atoms with Crippen LogP contribution in [0, 0.1) is 5.82 Å². The van der Waals surface area contributed by atoms with Crippen molar-refractivity contribution in [1.82, 2.24) is 9.97 Å². The van der Waals surface area contributed by atoms with Crippen molar-refractivity contribution in [2.45, 2.75) is 26.3 Å². The molecule has 0 aliphatic heterocycles. The van der Waals surface area contributed by atoms with Crippen LogP contribution in [0.3, 0.4) is 0 Å². The normalized spacial score (nSPS) is 10.7. The molecule has 0 radical (unpaired) electrons. The molecule has 112 valence electrons. The Kier molecular flexibility index (Phi) is 5.33. The van der Waals surface area contributed by atoms with Crippen molar-refractivity contribution in [1.29, 1.82) is 0 Å². The van der Waals surface area contributed by atoms with Gasteiger partial charge in [-0.15, -0.1) is 0 Å². The first-order valence-electron chi connectivity index (χ1n) is 6.71. The summed E-state index contributed by atoms with van der Waals surface area (Å²) in [6, 6.07) is 7.77. The number of rotatable bonds is 6. The van der Waals surface area contributed by atoms with Gasteiger partial charge in [0.05, 0.1) is 12.8 Å². The molecule has 6 heteroatoms. The van der Waals surface area contributed by atoms with E-state index in [0.29, 0.717) is 18.1 Å². The van der Waals surface area contributed by atoms with Crippen LogP contribution in [0.4, 0.5) is 10.2 Å².